The Morgan fingerprint density at radius 2 is 1.78 bits per heavy atom. The van der Waals surface area contributed by atoms with Crippen molar-refractivity contribution in [1.82, 2.24) is 4.31 Å². The molecule has 23 heavy (non-hydrogen) atoms. The lowest BCUT2D eigenvalue weighted by molar-refractivity contribution is 0.0305. The van der Waals surface area contributed by atoms with Gasteiger partial charge in [-0.1, -0.05) is 30.3 Å². The molecule has 1 aromatic rings. The van der Waals surface area contributed by atoms with E-state index in [1.807, 2.05) is 18.2 Å². The molecule has 1 aromatic carbocycles. The van der Waals surface area contributed by atoms with Crippen LogP contribution in [-0.4, -0.2) is 43.3 Å². The highest BCUT2D eigenvalue weighted by Crippen LogP contribution is 2.37. The van der Waals surface area contributed by atoms with E-state index in [-0.39, 0.29) is 17.4 Å². The molecule has 0 aromatic heterocycles. The minimum atomic E-state index is -3.14. The van der Waals surface area contributed by atoms with Crippen LogP contribution in [0, 0.1) is 5.92 Å². The van der Waals surface area contributed by atoms with E-state index in [9.17, 15) is 8.42 Å². The van der Waals surface area contributed by atoms with Gasteiger partial charge in [0.2, 0.25) is 10.0 Å². The second kappa shape index (κ2) is 6.19. The van der Waals surface area contributed by atoms with E-state index >= 15 is 0 Å². The number of nitrogens with zero attached hydrogens (tertiary/aromatic N) is 1. The molecule has 5 heteroatoms. The van der Waals surface area contributed by atoms with Gasteiger partial charge in [-0.3, -0.25) is 0 Å². The first kappa shape index (κ1) is 15.6. The SMILES string of the molecule is O=S(=O)(C1CC1)N1CC[C@@H](OCC2CC2)[C@@H]1Cc1ccccc1. The topological polar surface area (TPSA) is 46.6 Å². The van der Waals surface area contributed by atoms with E-state index in [0.29, 0.717) is 12.5 Å². The Balaban J connectivity index is 1.52. The Bertz CT molecular complexity index is 637. The van der Waals surface area contributed by atoms with Crippen molar-refractivity contribution >= 4 is 10.0 Å². The summed E-state index contributed by atoms with van der Waals surface area (Å²) in [5.41, 5.74) is 1.19. The Morgan fingerprint density at radius 1 is 1.04 bits per heavy atom. The van der Waals surface area contributed by atoms with Crippen LogP contribution in [0.1, 0.15) is 37.7 Å². The van der Waals surface area contributed by atoms with Crippen LogP contribution in [0.4, 0.5) is 0 Å². The minimum Gasteiger partial charge on any atom is -0.376 e. The van der Waals surface area contributed by atoms with E-state index in [0.717, 1.165) is 32.3 Å². The van der Waals surface area contributed by atoms with Crippen molar-refractivity contribution in [3.63, 3.8) is 0 Å². The maximum atomic E-state index is 12.8. The lowest BCUT2D eigenvalue weighted by atomic mass is 10.0. The first-order valence-corrected chi connectivity index (χ1v) is 10.3. The minimum absolute atomic E-state index is 0.0400. The Hall–Kier alpha value is -0.910. The molecule has 0 unspecified atom stereocenters. The maximum absolute atomic E-state index is 12.8. The number of ether oxygens (including phenoxy) is 1. The summed E-state index contributed by atoms with van der Waals surface area (Å²) in [6.45, 7) is 1.42. The van der Waals surface area contributed by atoms with Crippen molar-refractivity contribution in [3.05, 3.63) is 35.9 Å². The van der Waals surface area contributed by atoms with Crippen molar-refractivity contribution < 1.29 is 13.2 Å². The maximum Gasteiger partial charge on any atom is 0.217 e. The molecular formula is C18H25NO3S. The van der Waals surface area contributed by atoms with Crippen molar-refractivity contribution in [2.45, 2.75) is 55.9 Å². The van der Waals surface area contributed by atoms with Crippen LogP contribution in [0.2, 0.25) is 0 Å². The number of hydrogen-bond donors (Lipinski definition) is 0. The van der Waals surface area contributed by atoms with Crippen molar-refractivity contribution in [1.29, 1.82) is 0 Å². The summed E-state index contributed by atoms with van der Waals surface area (Å²) in [7, 11) is -3.14. The molecule has 2 aliphatic carbocycles. The van der Waals surface area contributed by atoms with Gasteiger partial charge in [0.25, 0.3) is 0 Å². The van der Waals surface area contributed by atoms with E-state index in [1.165, 1.54) is 18.4 Å². The molecule has 4 rings (SSSR count). The molecule has 3 aliphatic rings. The van der Waals surface area contributed by atoms with Gasteiger partial charge in [-0.15, -0.1) is 0 Å². The quantitative estimate of drug-likeness (QED) is 0.769. The summed E-state index contributed by atoms with van der Waals surface area (Å²) < 4.78 is 33.4. The van der Waals surface area contributed by atoms with Crippen LogP contribution in [0.25, 0.3) is 0 Å². The van der Waals surface area contributed by atoms with Gasteiger partial charge in [-0.2, -0.15) is 4.31 Å². The molecule has 2 saturated carbocycles. The monoisotopic (exact) mass is 335 g/mol. The van der Waals surface area contributed by atoms with Crippen molar-refractivity contribution in [3.8, 4) is 0 Å². The highest BCUT2D eigenvalue weighted by Gasteiger charge is 2.48. The molecule has 0 amide bonds. The van der Waals surface area contributed by atoms with Crippen LogP contribution in [-0.2, 0) is 21.2 Å². The predicted molar refractivity (Wildman–Crippen MR) is 89.7 cm³/mol. The van der Waals surface area contributed by atoms with Gasteiger partial charge in [0.1, 0.15) is 0 Å². The molecule has 1 heterocycles. The summed E-state index contributed by atoms with van der Waals surface area (Å²) in [4.78, 5) is 0. The summed E-state index contributed by atoms with van der Waals surface area (Å²) >= 11 is 0. The lowest BCUT2D eigenvalue weighted by Crippen LogP contribution is -2.43. The van der Waals surface area contributed by atoms with Gasteiger partial charge < -0.3 is 4.74 Å². The Morgan fingerprint density at radius 3 is 2.43 bits per heavy atom. The first-order chi connectivity index (χ1) is 11.1. The summed E-state index contributed by atoms with van der Waals surface area (Å²) in [6.07, 6.45) is 5.80. The van der Waals surface area contributed by atoms with Gasteiger partial charge in [0, 0.05) is 13.2 Å². The van der Waals surface area contributed by atoms with E-state index in [4.69, 9.17) is 4.74 Å². The average Bonchev–Trinajstić information content (AvgIpc) is 3.44. The second-order valence-corrected chi connectivity index (χ2v) is 9.38. The van der Waals surface area contributed by atoms with Crippen LogP contribution < -0.4 is 0 Å². The van der Waals surface area contributed by atoms with E-state index in [2.05, 4.69) is 12.1 Å². The molecule has 1 saturated heterocycles. The molecule has 4 nitrogen and oxygen atoms in total. The number of hydrogen-bond acceptors (Lipinski definition) is 3. The van der Waals surface area contributed by atoms with Gasteiger partial charge in [0.05, 0.1) is 17.4 Å². The fourth-order valence-electron chi connectivity index (χ4n) is 3.50. The molecular weight excluding hydrogens is 310 g/mol. The Labute approximate surface area is 138 Å². The highest BCUT2D eigenvalue weighted by molar-refractivity contribution is 7.90. The second-order valence-electron chi connectivity index (χ2n) is 7.22. The molecule has 0 spiro atoms. The van der Waals surface area contributed by atoms with E-state index in [1.54, 1.807) is 4.31 Å². The number of benzene rings is 1. The zero-order chi connectivity index (χ0) is 15.9. The largest absolute Gasteiger partial charge is 0.376 e. The van der Waals surface area contributed by atoms with Gasteiger partial charge in [-0.05, 0) is 50.0 Å². The zero-order valence-electron chi connectivity index (χ0n) is 13.4. The molecule has 0 bridgehead atoms. The smallest absolute Gasteiger partial charge is 0.217 e. The number of rotatable bonds is 7. The third kappa shape index (κ3) is 3.47. The van der Waals surface area contributed by atoms with Crippen LogP contribution in [0.5, 0.6) is 0 Å². The molecule has 2 atom stereocenters. The molecule has 0 radical (unpaired) electrons. The van der Waals surface area contributed by atoms with Crippen molar-refractivity contribution in [2.24, 2.45) is 5.92 Å². The first-order valence-electron chi connectivity index (χ1n) is 8.81. The van der Waals surface area contributed by atoms with Crippen molar-refractivity contribution in [2.75, 3.05) is 13.2 Å². The standard InChI is InChI=1S/C18H25NO3S/c20-23(21,16-8-9-16)19-11-10-18(22-13-15-6-7-15)17(19)12-14-4-2-1-3-5-14/h1-5,15-18H,6-13H2/t17-,18+/m0/s1. The van der Waals surface area contributed by atoms with E-state index < -0.39 is 10.0 Å². The van der Waals surface area contributed by atoms with Crippen LogP contribution in [0.3, 0.4) is 0 Å². The fourth-order valence-corrected chi connectivity index (χ4v) is 5.56. The van der Waals surface area contributed by atoms with Crippen LogP contribution in [0.15, 0.2) is 30.3 Å². The van der Waals surface area contributed by atoms with Gasteiger partial charge >= 0.3 is 0 Å². The average molecular weight is 335 g/mol. The summed E-state index contributed by atoms with van der Waals surface area (Å²) in [5.74, 6) is 0.710. The third-order valence-electron chi connectivity index (χ3n) is 5.24. The van der Waals surface area contributed by atoms with Gasteiger partial charge in [0.15, 0.2) is 0 Å². The normalized spacial score (nSPS) is 29.0. The summed E-state index contributed by atoms with van der Waals surface area (Å²) in [6, 6.07) is 10.2. The zero-order valence-corrected chi connectivity index (χ0v) is 14.2. The molecule has 1 aliphatic heterocycles. The third-order valence-corrected chi connectivity index (χ3v) is 7.66. The Kier molecular flexibility index (Phi) is 4.20. The highest BCUT2D eigenvalue weighted by atomic mass is 32.2. The summed E-state index contributed by atoms with van der Waals surface area (Å²) in [5, 5.41) is -0.136. The molecule has 126 valence electrons. The predicted octanol–water partition coefficient (Wildman–Crippen LogP) is 2.59. The van der Waals surface area contributed by atoms with Crippen LogP contribution >= 0.6 is 0 Å². The lowest BCUT2D eigenvalue weighted by Gasteiger charge is -2.28. The molecule has 0 N–H and O–H groups in total. The number of sulfonamides is 1. The van der Waals surface area contributed by atoms with Gasteiger partial charge in [-0.25, -0.2) is 8.42 Å². The fraction of sp³-hybridized carbons (Fsp3) is 0.667. The molecule has 3 fully saturated rings.